The number of carbonyl (C=O) groups is 2. The number of sulfone groups is 1. The number of amides is 1. The van der Waals surface area contributed by atoms with E-state index in [1.807, 2.05) is 0 Å². The van der Waals surface area contributed by atoms with Gasteiger partial charge in [0.25, 0.3) is 0 Å². The fourth-order valence-corrected chi connectivity index (χ4v) is 4.41. The van der Waals surface area contributed by atoms with Gasteiger partial charge in [-0.3, -0.25) is 9.59 Å². The van der Waals surface area contributed by atoms with Crippen molar-refractivity contribution in [1.82, 2.24) is 5.32 Å². The van der Waals surface area contributed by atoms with E-state index in [-0.39, 0.29) is 23.6 Å². The van der Waals surface area contributed by atoms with Crippen molar-refractivity contribution in [3.63, 3.8) is 0 Å². The maximum Gasteiger partial charge on any atom is 0.320 e. The molecule has 0 radical (unpaired) electrons. The zero-order valence-corrected chi connectivity index (χ0v) is 15.8. The minimum atomic E-state index is -3.56. The molecule has 3 N–H and O–H groups in total. The first kappa shape index (κ1) is 20.4. The highest BCUT2D eigenvalue weighted by molar-refractivity contribution is 7.91. The topological polar surface area (TPSA) is 116 Å². The van der Waals surface area contributed by atoms with Crippen LogP contribution in [0.2, 0.25) is 0 Å². The van der Waals surface area contributed by atoms with Gasteiger partial charge in [0, 0.05) is 19.0 Å². The van der Waals surface area contributed by atoms with Crippen molar-refractivity contribution >= 4 is 21.7 Å². The van der Waals surface area contributed by atoms with Gasteiger partial charge in [-0.1, -0.05) is 30.7 Å². The number of ether oxygens (including phenoxy) is 1. The van der Waals surface area contributed by atoms with Crippen LogP contribution < -0.4 is 11.1 Å². The molecular formula is C18H26N2O5S. The molecule has 26 heavy (non-hydrogen) atoms. The molecule has 0 aliphatic heterocycles. The number of nitrogens with two attached hydrogens (primary N) is 1. The second-order valence-electron chi connectivity index (χ2n) is 6.76. The lowest BCUT2D eigenvalue weighted by Crippen LogP contribution is -2.31. The zero-order valence-electron chi connectivity index (χ0n) is 14.9. The van der Waals surface area contributed by atoms with Crippen LogP contribution in [0.25, 0.3) is 0 Å². The van der Waals surface area contributed by atoms with Crippen LogP contribution in [0.4, 0.5) is 0 Å². The summed E-state index contributed by atoms with van der Waals surface area (Å²) in [4.78, 5) is 23.1. The number of esters is 1. The van der Waals surface area contributed by atoms with E-state index in [9.17, 15) is 18.0 Å². The minimum absolute atomic E-state index is 0.0166. The molecule has 0 bridgehead atoms. The number of hydrogen-bond acceptors (Lipinski definition) is 6. The highest BCUT2D eigenvalue weighted by atomic mass is 32.2. The molecule has 0 aromatic heterocycles. The Morgan fingerprint density at radius 2 is 1.85 bits per heavy atom. The third-order valence-corrected chi connectivity index (χ3v) is 6.08. The maximum absolute atomic E-state index is 12.0. The van der Waals surface area contributed by atoms with Crippen LogP contribution in [0.5, 0.6) is 0 Å². The quantitative estimate of drug-likeness (QED) is 0.646. The maximum atomic E-state index is 12.0. The van der Waals surface area contributed by atoms with Crippen molar-refractivity contribution < 1.29 is 22.7 Å². The van der Waals surface area contributed by atoms with Crippen LogP contribution in [-0.4, -0.2) is 39.2 Å². The normalized spacial score (nSPS) is 19.9. The van der Waals surface area contributed by atoms with E-state index in [4.69, 9.17) is 5.73 Å². The average Bonchev–Trinajstić information content (AvgIpc) is 2.98. The van der Waals surface area contributed by atoms with Gasteiger partial charge in [-0.2, -0.15) is 0 Å². The molecule has 2 atom stereocenters. The molecule has 1 aromatic rings. The van der Waals surface area contributed by atoms with Gasteiger partial charge in [-0.05, 0) is 29.9 Å². The van der Waals surface area contributed by atoms with Crippen LogP contribution in [-0.2, 0) is 36.5 Å². The third kappa shape index (κ3) is 6.42. The lowest BCUT2D eigenvalue weighted by Gasteiger charge is -2.14. The fraction of sp³-hybridized carbons (Fsp3) is 0.556. The molecule has 1 aromatic carbocycles. The first-order valence-electron chi connectivity index (χ1n) is 8.66. The van der Waals surface area contributed by atoms with Gasteiger partial charge in [0.05, 0.1) is 12.9 Å². The number of rotatable bonds is 8. The monoisotopic (exact) mass is 382 g/mol. The Balaban J connectivity index is 1.81. The first-order chi connectivity index (χ1) is 12.3. The van der Waals surface area contributed by atoms with E-state index in [0.29, 0.717) is 18.5 Å². The van der Waals surface area contributed by atoms with E-state index in [1.54, 1.807) is 24.3 Å². The van der Waals surface area contributed by atoms with Gasteiger partial charge in [0.15, 0.2) is 9.84 Å². The molecule has 2 rings (SSSR count). The van der Waals surface area contributed by atoms with E-state index >= 15 is 0 Å². The molecule has 0 saturated heterocycles. The molecule has 1 aliphatic rings. The molecule has 1 saturated carbocycles. The molecule has 1 fully saturated rings. The summed E-state index contributed by atoms with van der Waals surface area (Å²) in [6, 6.07) is 7.02. The number of benzene rings is 1. The smallest absolute Gasteiger partial charge is 0.320 e. The van der Waals surface area contributed by atoms with Crippen LogP contribution in [0.3, 0.4) is 0 Å². The number of carbonyl (C=O) groups excluding carboxylic acids is 2. The molecular weight excluding hydrogens is 356 g/mol. The van der Waals surface area contributed by atoms with Crippen LogP contribution in [0.15, 0.2) is 24.3 Å². The van der Waals surface area contributed by atoms with E-state index in [2.05, 4.69) is 10.1 Å². The minimum Gasteiger partial charge on any atom is -0.468 e. The van der Waals surface area contributed by atoms with Crippen LogP contribution in [0, 0.1) is 5.92 Å². The van der Waals surface area contributed by atoms with Gasteiger partial charge < -0.3 is 15.8 Å². The summed E-state index contributed by atoms with van der Waals surface area (Å²) in [5.74, 6) is -1.39. The van der Waals surface area contributed by atoms with Gasteiger partial charge in [-0.15, -0.1) is 0 Å². The highest BCUT2D eigenvalue weighted by Gasteiger charge is 2.25. The predicted octanol–water partition coefficient (Wildman–Crippen LogP) is 0.908. The van der Waals surface area contributed by atoms with Gasteiger partial charge in [0.2, 0.25) is 5.91 Å². The molecule has 7 nitrogen and oxygen atoms in total. The summed E-state index contributed by atoms with van der Waals surface area (Å²) >= 11 is 0. The fourth-order valence-electron chi connectivity index (χ4n) is 3.13. The Morgan fingerprint density at radius 1 is 1.19 bits per heavy atom. The predicted molar refractivity (Wildman–Crippen MR) is 97.7 cm³/mol. The molecule has 0 unspecified atom stereocenters. The summed E-state index contributed by atoms with van der Waals surface area (Å²) in [6.07, 6.45) is 3.52. The van der Waals surface area contributed by atoms with Crippen LogP contribution in [0.1, 0.15) is 36.8 Å². The van der Waals surface area contributed by atoms with Crippen molar-refractivity contribution in [3.05, 3.63) is 35.4 Å². The van der Waals surface area contributed by atoms with Crippen molar-refractivity contribution in [2.45, 2.75) is 44.0 Å². The number of methoxy groups -OCH3 is 1. The standard InChI is InChI=1S/C18H26N2O5S/c1-25-18(22)12-26(23,24)11-14-7-5-13(6-8-14)10-20-17(21)9-15-3-2-4-16(15)19/h5-8,15-16H,2-4,9-12,19H2,1H3,(H,20,21)/t15-,16+/m0/s1. The average molecular weight is 382 g/mol. The van der Waals surface area contributed by atoms with Crippen LogP contribution >= 0.6 is 0 Å². The van der Waals surface area contributed by atoms with Gasteiger partial charge in [0.1, 0.15) is 5.75 Å². The molecule has 0 heterocycles. The molecule has 0 spiro atoms. The second-order valence-corrected chi connectivity index (χ2v) is 8.83. The van der Waals surface area contributed by atoms with E-state index in [1.165, 1.54) is 0 Å². The Morgan fingerprint density at radius 3 is 2.42 bits per heavy atom. The molecule has 8 heteroatoms. The number of hydrogen-bond donors (Lipinski definition) is 2. The summed E-state index contributed by atoms with van der Waals surface area (Å²) in [7, 11) is -2.41. The van der Waals surface area contributed by atoms with Gasteiger partial charge >= 0.3 is 5.97 Å². The third-order valence-electron chi connectivity index (χ3n) is 4.63. The summed E-state index contributed by atoms with van der Waals surface area (Å²) in [5.41, 5.74) is 7.44. The van der Waals surface area contributed by atoms with E-state index in [0.717, 1.165) is 31.9 Å². The summed E-state index contributed by atoms with van der Waals surface area (Å²) < 4.78 is 28.2. The first-order valence-corrected chi connectivity index (χ1v) is 10.5. The van der Waals surface area contributed by atoms with E-state index < -0.39 is 21.6 Å². The van der Waals surface area contributed by atoms with Crippen molar-refractivity contribution in [3.8, 4) is 0 Å². The number of nitrogens with one attached hydrogen (secondary N) is 1. The molecule has 1 amide bonds. The molecule has 1 aliphatic carbocycles. The lowest BCUT2D eigenvalue weighted by molar-refractivity contribution is -0.137. The van der Waals surface area contributed by atoms with Crippen molar-refractivity contribution in [2.75, 3.05) is 12.9 Å². The second kappa shape index (κ2) is 9.14. The Hall–Kier alpha value is -1.93. The van der Waals surface area contributed by atoms with Crippen molar-refractivity contribution in [2.24, 2.45) is 11.7 Å². The SMILES string of the molecule is COC(=O)CS(=O)(=O)Cc1ccc(CNC(=O)C[C@@H]2CCC[C@H]2N)cc1. The Bertz CT molecular complexity index is 730. The Kier molecular flexibility index (Phi) is 7.16. The zero-order chi connectivity index (χ0) is 19.2. The Labute approximate surface area is 154 Å². The highest BCUT2D eigenvalue weighted by Crippen LogP contribution is 2.26. The molecule has 144 valence electrons. The summed E-state index contributed by atoms with van der Waals surface area (Å²) in [5, 5.41) is 2.87. The lowest BCUT2D eigenvalue weighted by atomic mass is 10.00. The van der Waals surface area contributed by atoms with Crippen molar-refractivity contribution in [1.29, 1.82) is 0 Å². The summed E-state index contributed by atoms with van der Waals surface area (Å²) in [6.45, 7) is 0.385. The van der Waals surface area contributed by atoms with Gasteiger partial charge in [-0.25, -0.2) is 8.42 Å². The largest absolute Gasteiger partial charge is 0.468 e.